The van der Waals surface area contributed by atoms with Gasteiger partial charge >= 0.3 is 5.69 Å². The van der Waals surface area contributed by atoms with E-state index in [0.717, 1.165) is 0 Å². The zero-order chi connectivity index (χ0) is 14.9. The first kappa shape index (κ1) is 14.6. The third-order valence-electron chi connectivity index (χ3n) is 3.25. The molecule has 0 saturated carbocycles. The Hall–Kier alpha value is -1.83. The molecule has 2 heterocycles. The topological polar surface area (TPSA) is 95.2 Å². The monoisotopic (exact) mass is 296 g/mol. The van der Waals surface area contributed by atoms with E-state index in [-0.39, 0.29) is 11.8 Å². The minimum absolute atomic E-state index is 0.176. The number of amides is 2. The van der Waals surface area contributed by atoms with Gasteiger partial charge in [-0.05, 0) is 20.1 Å². The number of piperazine rings is 1. The van der Waals surface area contributed by atoms with Crippen LogP contribution in [0.1, 0.15) is 23.0 Å². The SMILES string of the molecule is CSc1nc(=O)[nH]c(C)c1C(=O)N1CCNC(=O)C1C. The first-order valence-electron chi connectivity index (χ1n) is 6.19. The lowest BCUT2D eigenvalue weighted by Gasteiger charge is -2.33. The number of H-pyrrole nitrogens is 1. The van der Waals surface area contributed by atoms with E-state index in [1.807, 2.05) is 0 Å². The summed E-state index contributed by atoms with van der Waals surface area (Å²) >= 11 is 1.24. The van der Waals surface area contributed by atoms with Crippen molar-refractivity contribution in [3.05, 3.63) is 21.7 Å². The Kier molecular flexibility index (Phi) is 4.12. The molecular formula is C12H16N4O3S. The lowest BCUT2D eigenvalue weighted by atomic mass is 10.1. The molecule has 1 unspecified atom stereocenters. The lowest BCUT2D eigenvalue weighted by molar-refractivity contribution is -0.127. The van der Waals surface area contributed by atoms with Crippen molar-refractivity contribution in [3.8, 4) is 0 Å². The Balaban J connectivity index is 2.43. The van der Waals surface area contributed by atoms with E-state index < -0.39 is 11.7 Å². The van der Waals surface area contributed by atoms with E-state index >= 15 is 0 Å². The molecule has 0 spiro atoms. The van der Waals surface area contributed by atoms with Gasteiger partial charge in [-0.15, -0.1) is 11.8 Å². The van der Waals surface area contributed by atoms with Gasteiger partial charge < -0.3 is 15.2 Å². The fourth-order valence-electron chi connectivity index (χ4n) is 2.16. The smallest absolute Gasteiger partial charge is 0.346 e. The van der Waals surface area contributed by atoms with Crippen molar-refractivity contribution in [2.24, 2.45) is 0 Å². The summed E-state index contributed by atoms with van der Waals surface area (Å²) in [6, 6.07) is -0.530. The molecule has 7 nitrogen and oxygen atoms in total. The standard InChI is InChI=1S/C12H16N4O3S/c1-6-8(10(20-3)15-12(19)14-6)11(18)16-5-4-13-9(17)7(16)2/h7H,4-5H2,1-3H3,(H,13,17)(H,14,15,19). The van der Waals surface area contributed by atoms with E-state index in [2.05, 4.69) is 15.3 Å². The van der Waals surface area contributed by atoms with Crippen molar-refractivity contribution in [3.63, 3.8) is 0 Å². The van der Waals surface area contributed by atoms with Crippen LogP contribution in [0.4, 0.5) is 0 Å². The Morgan fingerprint density at radius 1 is 1.45 bits per heavy atom. The van der Waals surface area contributed by atoms with E-state index in [0.29, 0.717) is 29.4 Å². The summed E-state index contributed by atoms with van der Waals surface area (Å²) in [5, 5.41) is 3.09. The Bertz CT molecular complexity index is 613. The molecule has 1 aromatic heterocycles. The number of aromatic amines is 1. The van der Waals surface area contributed by atoms with Crippen molar-refractivity contribution >= 4 is 23.6 Å². The van der Waals surface area contributed by atoms with Gasteiger partial charge in [-0.2, -0.15) is 4.98 Å². The fraction of sp³-hybridized carbons (Fsp3) is 0.500. The molecule has 0 aromatic carbocycles. The van der Waals surface area contributed by atoms with Crippen LogP contribution in [0.5, 0.6) is 0 Å². The summed E-state index contributed by atoms with van der Waals surface area (Å²) in [7, 11) is 0. The minimum Gasteiger partial charge on any atom is -0.353 e. The second-order valence-electron chi connectivity index (χ2n) is 4.52. The zero-order valence-electron chi connectivity index (χ0n) is 11.5. The molecule has 1 fully saturated rings. The van der Waals surface area contributed by atoms with E-state index in [4.69, 9.17) is 0 Å². The van der Waals surface area contributed by atoms with Gasteiger partial charge in [0.1, 0.15) is 11.1 Å². The van der Waals surface area contributed by atoms with Crippen molar-refractivity contribution in [1.29, 1.82) is 0 Å². The van der Waals surface area contributed by atoms with Crippen molar-refractivity contribution < 1.29 is 9.59 Å². The van der Waals surface area contributed by atoms with Gasteiger partial charge in [0.2, 0.25) is 5.91 Å². The van der Waals surface area contributed by atoms with Crippen LogP contribution < -0.4 is 11.0 Å². The number of hydrogen-bond acceptors (Lipinski definition) is 5. The van der Waals surface area contributed by atoms with Gasteiger partial charge in [0.15, 0.2) is 0 Å². The molecule has 1 aromatic rings. The van der Waals surface area contributed by atoms with Crippen LogP contribution in [0.3, 0.4) is 0 Å². The summed E-state index contributed by atoms with van der Waals surface area (Å²) in [6.45, 7) is 4.21. The molecule has 0 aliphatic carbocycles. The van der Waals surface area contributed by atoms with Gasteiger partial charge in [0.25, 0.3) is 5.91 Å². The predicted octanol–water partition coefficient (Wildman–Crippen LogP) is -0.239. The van der Waals surface area contributed by atoms with Crippen LogP contribution in [-0.2, 0) is 4.79 Å². The molecule has 1 aliphatic rings. The van der Waals surface area contributed by atoms with E-state index in [9.17, 15) is 14.4 Å². The Labute approximate surface area is 120 Å². The maximum atomic E-state index is 12.6. The van der Waals surface area contributed by atoms with E-state index in [1.165, 1.54) is 16.7 Å². The first-order chi connectivity index (χ1) is 9.45. The number of carbonyl (C=O) groups excluding carboxylic acids is 2. The number of nitrogens with one attached hydrogen (secondary N) is 2. The molecule has 2 N–H and O–H groups in total. The van der Waals surface area contributed by atoms with Crippen LogP contribution in [0.2, 0.25) is 0 Å². The summed E-state index contributed by atoms with van der Waals surface area (Å²) in [5.74, 6) is -0.455. The average molecular weight is 296 g/mol. The molecule has 108 valence electrons. The molecular weight excluding hydrogens is 280 g/mol. The average Bonchev–Trinajstić information content (AvgIpc) is 2.40. The molecule has 8 heteroatoms. The number of carbonyl (C=O) groups is 2. The largest absolute Gasteiger partial charge is 0.353 e. The second kappa shape index (κ2) is 5.66. The van der Waals surface area contributed by atoms with Crippen LogP contribution >= 0.6 is 11.8 Å². The highest BCUT2D eigenvalue weighted by Gasteiger charge is 2.32. The maximum absolute atomic E-state index is 12.6. The third kappa shape index (κ3) is 2.55. The predicted molar refractivity (Wildman–Crippen MR) is 74.9 cm³/mol. The number of aromatic nitrogens is 2. The number of aryl methyl sites for hydroxylation is 1. The van der Waals surface area contributed by atoms with Crippen molar-refractivity contribution in [1.82, 2.24) is 20.2 Å². The van der Waals surface area contributed by atoms with Crippen LogP contribution in [0, 0.1) is 6.92 Å². The Morgan fingerprint density at radius 2 is 2.15 bits per heavy atom. The van der Waals surface area contributed by atoms with E-state index in [1.54, 1.807) is 20.1 Å². The quantitative estimate of drug-likeness (QED) is 0.580. The van der Waals surface area contributed by atoms with Gasteiger partial charge in [-0.25, -0.2) is 4.79 Å². The third-order valence-corrected chi connectivity index (χ3v) is 3.94. The summed E-state index contributed by atoms with van der Waals surface area (Å²) in [6.07, 6.45) is 1.75. The highest BCUT2D eigenvalue weighted by Crippen LogP contribution is 2.21. The van der Waals surface area contributed by atoms with Gasteiger partial charge in [-0.3, -0.25) is 9.59 Å². The summed E-state index contributed by atoms with van der Waals surface area (Å²) in [5.41, 5.74) is 0.351. The molecule has 0 radical (unpaired) electrons. The Morgan fingerprint density at radius 3 is 2.80 bits per heavy atom. The van der Waals surface area contributed by atoms with Gasteiger partial charge in [-0.1, -0.05) is 0 Å². The molecule has 2 amide bonds. The number of hydrogen-bond donors (Lipinski definition) is 2. The lowest BCUT2D eigenvalue weighted by Crippen LogP contribution is -2.56. The maximum Gasteiger partial charge on any atom is 0.346 e. The molecule has 1 saturated heterocycles. The van der Waals surface area contributed by atoms with Gasteiger partial charge in [0.05, 0.1) is 5.56 Å². The zero-order valence-corrected chi connectivity index (χ0v) is 12.3. The molecule has 1 atom stereocenters. The first-order valence-corrected chi connectivity index (χ1v) is 7.41. The number of thioether (sulfide) groups is 1. The second-order valence-corrected chi connectivity index (χ2v) is 5.31. The molecule has 0 bridgehead atoms. The molecule has 2 rings (SSSR count). The summed E-state index contributed by atoms with van der Waals surface area (Å²) < 4.78 is 0. The number of rotatable bonds is 2. The summed E-state index contributed by atoms with van der Waals surface area (Å²) in [4.78, 5) is 43.5. The minimum atomic E-state index is -0.530. The fourth-order valence-corrected chi connectivity index (χ4v) is 2.78. The number of nitrogens with zero attached hydrogens (tertiary/aromatic N) is 2. The van der Waals surface area contributed by atoms with Gasteiger partial charge in [0, 0.05) is 18.8 Å². The van der Waals surface area contributed by atoms with Crippen molar-refractivity contribution in [2.45, 2.75) is 24.9 Å². The molecule has 1 aliphatic heterocycles. The van der Waals surface area contributed by atoms with Crippen LogP contribution in [0.15, 0.2) is 9.82 Å². The van der Waals surface area contributed by atoms with Crippen molar-refractivity contribution in [2.75, 3.05) is 19.3 Å². The normalized spacial score (nSPS) is 18.9. The highest BCUT2D eigenvalue weighted by atomic mass is 32.2. The highest BCUT2D eigenvalue weighted by molar-refractivity contribution is 7.98. The van der Waals surface area contributed by atoms with Crippen LogP contribution in [-0.4, -0.2) is 52.1 Å². The van der Waals surface area contributed by atoms with Crippen LogP contribution in [0.25, 0.3) is 0 Å². The molecule has 20 heavy (non-hydrogen) atoms.